The minimum atomic E-state index is -0.148. The molecule has 0 aliphatic heterocycles. The summed E-state index contributed by atoms with van der Waals surface area (Å²) in [5.74, 6) is 0.196. The number of carbonyl (C=O) groups is 1. The quantitative estimate of drug-likeness (QED) is 0.634. The summed E-state index contributed by atoms with van der Waals surface area (Å²) in [6.07, 6.45) is 0. The lowest BCUT2D eigenvalue weighted by atomic mass is 10.2. The van der Waals surface area contributed by atoms with Crippen molar-refractivity contribution in [2.24, 2.45) is 0 Å². The molecule has 0 radical (unpaired) electrons. The molecule has 3 rings (SSSR count). The van der Waals surface area contributed by atoms with Crippen molar-refractivity contribution in [1.29, 1.82) is 0 Å². The molecule has 0 saturated carbocycles. The molecule has 0 fully saturated rings. The molecule has 116 valence electrons. The number of amides is 1. The van der Waals surface area contributed by atoms with Crippen LogP contribution in [-0.4, -0.2) is 17.4 Å². The third-order valence-corrected chi connectivity index (χ3v) is 3.75. The highest BCUT2D eigenvalue weighted by atomic mass is 79.9. The molecule has 4 heteroatoms. The summed E-state index contributed by atoms with van der Waals surface area (Å²) in [5, 5.41) is 0.924. The van der Waals surface area contributed by atoms with Gasteiger partial charge in [-0.3, -0.25) is 4.79 Å². The maximum atomic E-state index is 12.8. The van der Waals surface area contributed by atoms with Crippen molar-refractivity contribution in [2.45, 2.75) is 6.54 Å². The minimum Gasteiger partial charge on any atom is -0.451 e. The zero-order valence-electron chi connectivity index (χ0n) is 12.5. The van der Waals surface area contributed by atoms with Gasteiger partial charge in [0.2, 0.25) is 0 Å². The van der Waals surface area contributed by atoms with E-state index < -0.39 is 0 Å². The van der Waals surface area contributed by atoms with Gasteiger partial charge in [0, 0.05) is 16.4 Å². The second-order valence-electron chi connectivity index (χ2n) is 5.31. The zero-order valence-corrected chi connectivity index (χ0v) is 14.1. The molecule has 3 nitrogen and oxygen atoms in total. The van der Waals surface area contributed by atoms with E-state index in [1.165, 1.54) is 0 Å². The predicted molar refractivity (Wildman–Crippen MR) is 95.5 cm³/mol. The van der Waals surface area contributed by atoms with E-state index in [1.54, 1.807) is 11.0 Å². The molecule has 2 aromatic carbocycles. The van der Waals surface area contributed by atoms with Gasteiger partial charge >= 0.3 is 0 Å². The molecule has 0 unspecified atom stereocenters. The van der Waals surface area contributed by atoms with Gasteiger partial charge in [-0.15, -0.1) is 0 Å². The number of para-hydroxylation sites is 1. The lowest BCUT2D eigenvalue weighted by molar-refractivity contribution is 0.0732. The highest BCUT2D eigenvalue weighted by molar-refractivity contribution is 9.11. The summed E-state index contributed by atoms with van der Waals surface area (Å²) in [7, 11) is 0. The summed E-state index contributed by atoms with van der Waals surface area (Å²) in [6.45, 7) is 4.77. The standard InChI is InChI=1S/C19H16BrNO2/c1-14(20)12-21(13-15-7-3-2-4-8-15)19(22)18-11-16-9-5-6-10-17(16)23-18/h2-11H,1,12-13H2. The summed E-state index contributed by atoms with van der Waals surface area (Å²) < 4.78 is 6.44. The van der Waals surface area contributed by atoms with E-state index >= 15 is 0 Å². The van der Waals surface area contributed by atoms with E-state index in [1.807, 2.05) is 54.6 Å². The molecule has 1 heterocycles. The van der Waals surface area contributed by atoms with Crippen LogP contribution in [0.5, 0.6) is 0 Å². The first kappa shape index (κ1) is 15.6. The molecule has 0 N–H and O–H groups in total. The van der Waals surface area contributed by atoms with Gasteiger partial charge in [0.15, 0.2) is 5.76 Å². The Morgan fingerprint density at radius 3 is 2.48 bits per heavy atom. The predicted octanol–water partition coefficient (Wildman–Crippen LogP) is 4.98. The Kier molecular flexibility index (Phi) is 4.63. The maximum Gasteiger partial charge on any atom is 0.290 e. The van der Waals surface area contributed by atoms with Crippen molar-refractivity contribution in [3.8, 4) is 0 Å². The van der Waals surface area contributed by atoms with Gasteiger partial charge in [-0.1, -0.05) is 71.0 Å². The third kappa shape index (κ3) is 3.71. The van der Waals surface area contributed by atoms with E-state index in [4.69, 9.17) is 4.42 Å². The van der Waals surface area contributed by atoms with Crippen LogP contribution in [0.15, 0.2) is 76.1 Å². The number of halogens is 1. The number of furan rings is 1. The largest absolute Gasteiger partial charge is 0.451 e. The first-order valence-corrected chi connectivity index (χ1v) is 8.08. The van der Waals surface area contributed by atoms with Crippen LogP contribution in [0.1, 0.15) is 16.1 Å². The smallest absolute Gasteiger partial charge is 0.290 e. The first-order chi connectivity index (χ1) is 11.1. The lowest BCUT2D eigenvalue weighted by Gasteiger charge is -2.21. The van der Waals surface area contributed by atoms with Crippen molar-refractivity contribution in [1.82, 2.24) is 4.90 Å². The molecule has 1 amide bonds. The Hall–Kier alpha value is -2.33. The van der Waals surface area contributed by atoms with Crippen molar-refractivity contribution in [3.63, 3.8) is 0 Å². The van der Waals surface area contributed by atoms with Crippen LogP contribution >= 0.6 is 15.9 Å². The van der Waals surface area contributed by atoms with Gasteiger partial charge in [-0.25, -0.2) is 0 Å². The number of carbonyl (C=O) groups excluding carboxylic acids is 1. The van der Waals surface area contributed by atoms with Crippen LogP contribution in [0, 0.1) is 0 Å². The van der Waals surface area contributed by atoms with E-state index in [9.17, 15) is 4.79 Å². The van der Waals surface area contributed by atoms with Crippen LogP contribution in [0.2, 0.25) is 0 Å². The number of rotatable bonds is 5. The zero-order chi connectivity index (χ0) is 16.2. The summed E-state index contributed by atoms with van der Waals surface area (Å²) in [4.78, 5) is 14.5. The Morgan fingerprint density at radius 2 is 1.78 bits per heavy atom. The van der Waals surface area contributed by atoms with Crippen LogP contribution in [0.4, 0.5) is 0 Å². The second-order valence-corrected chi connectivity index (χ2v) is 6.43. The SMILES string of the molecule is C=C(Br)CN(Cc1ccccc1)C(=O)c1cc2ccccc2o1. The highest BCUT2D eigenvalue weighted by Crippen LogP contribution is 2.21. The molecule has 0 bridgehead atoms. The van der Waals surface area contributed by atoms with Crippen molar-refractivity contribution >= 4 is 32.8 Å². The van der Waals surface area contributed by atoms with Crippen LogP contribution in [0.3, 0.4) is 0 Å². The molecule has 0 spiro atoms. The average molecular weight is 370 g/mol. The Bertz CT molecular complexity index is 806. The average Bonchev–Trinajstić information content (AvgIpc) is 2.98. The van der Waals surface area contributed by atoms with E-state index in [0.717, 1.165) is 15.4 Å². The molecular weight excluding hydrogens is 354 g/mol. The highest BCUT2D eigenvalue weighted by Gasteiger charge is 2.20. The van der Waals surface area contributed by atoms with E-state index in [2.05, 4.69) is 22.5 Å². The number of hydrogen-bond acceptors (Lipinski definition) is 2. The van der Waals surface area contributed by atoms with Crippen LogP contribution in [0.25, 0.3) is 11.0 Å². The number of fused-ring (bicyclic) bond motifs is 1. The van der Waals surface area contributed by atoms with Gasteiger partial charge < -0.3 is 9.32 Å². The molecular formula is C19H16BrNO2. The Labute approximate surface area is 143 Å². The van der Waals surface area contributed by atoms with Gasteiger partial charge in [-0.05, 0) is 17.7 Å². The minimum absolute atomic E-state index is 0.148. The monoisotopic (exact) mass is 369 g/mol. The summed E-state index contributed by atoms with van der Waals surface area (Å²) in [5.41, 5.74) is 1.78. The molecule has 23 heavy (non-hydrogen) atoms. The second kappa shape index (κ2) is 6.84. The van der Waals surface area contributed by atoms with Gasteiger partial charge in [-0.2, -0.15) is 0 Å². The summed E-state index contributed by atoms with van der Waals surface area (Å²) in [6, 6.07) is 19.3. The first-order valence-electron chi connectivity index (χ1n) is 7.28. The van der Waals surface area contributed by atoms with Gasteiger partial charge in [0.05, 0.1) is 6.54 Å². The summed E-state index contributed by atoms with van der Waals surface area (Å²) >= 11 is 3.34. The van der Waals surface area contributed by atoms with E-state index in [-0.39, 0.29) is 5.91 Å². The number of benzene rings is 2. The lowest BCUT2D eigenvalue weighted by Crippen LogP contribution is -2.31. The topological polar surface area (TPSA) is 33.5 Å². The normalized spacial score (nSPS) is 10.7. The maximum absolute atomic E-state index is 12.8. The van der Waals surface area contributed by atoms with Crippen molar-refractivity contribution in [2.75, 3.05) is 6.54 Å². The van der Waals surface area contributed by atoms with Crippen LogP contribution < -0.4 is 0 Å². The number of nitrogens with zero attached hydrogens (tertiary/aromatic N) is 1. The van der Waals surface area contributed by atoms with Crippen molar-refractivity contribution < 1.29 is 9.21 Å². The fraction of sp³-hybridized carbons (Fsp3) is 0.105. The van der Waals surface area contributed by atoms with Crippen LogP contribution in [-0.2, 0) is 6.54 Å². The van der Waals surface area contributed by atoms with Gasteiger partial charge in [0.1, 0.15) is 5.58 Å². The Balaban J connectivity index is 1.88. The third-order valence-electron chi connectivity index (χ3n) is 3.50. The number of hydrogen-bond donors (Lipinski definition) is 0. The molecule has 0 atom stereocenters. The van der Waals surface area contributed by atoms with Crippen molar-refractivity contribution in [3.05, 3.63) is 83.0 Å². The van der Waals surface area contributed by atoms with Gasteiger partial charge in [0.25, 0.3) is 5.91 Å². The molecule has 1 aromatic heterocycles. The fourth-order valence-electron chi connectivity index (χ4n) is 2.45. The molecule has 0 aliphatic rings. The molecule has 3 aromatic rings. The Morgan fingerprint density at radius 1 is 1.09 bits per heavy atom. The molecule has 0 aliphatic carbocycles. The van der Waals surface area contributed by atoms with E-state index in [0.29, 0.717) is 24.4 Å². The fourth-order valence-corrected chi connectivity index (χ4v) is 2.76. The molecule has 0 saturated heterocycles.